The number of carbonyl (C=O) groups is 2. The fourth-order valence-electron chi connectivity index (χ4n) is 1.58. The zero-order valence-corrected chi connectivity index (χ0v) is 13.4. The minimum Gasteiger partial charge on any atom is -0.481 e. The number of carbonyl (C=O) groups excluding carboxylic acids is 1. The monoisotopic (exact) mass is 298 g/mol. The van der Waals surface area contributed by atoms with E-state index >= 15 is 0 Å². The molecule has 0 atom stereocenters. The number of aliphatic carboxylic acids is 1. The molecule has 0 aliphatic carbocycles. The van der Waals surface area contributed by atoms with Crippen molar-refractivity contribution in [2.75, 3.05) is 0 Å². The highest BCUT2D eigenvalue weighted by molar-refractivity contribution is 7.10. The molecule has 1 amide bonds. The van der Waals surface area contributed by atoms with E-state index in [1.807, 2.05) is 34.6 Å². The number of nitrogens with zero attached hydrogens (tertiary/aromatic N) is 1. The first-order chi connectivity index (χ1) is 9.01. The van der Waals surface area contributed by atoms with Gasteiger partial charge < -0.3 is 10.4 Å². The summed E-state index contributed by atoms with van der Waals surface area (Å²) in [4.78, 5) is 27.1. The Hall–Kier alpha value is -1.43. The van der Waals surface area contributed by atoms with Crippen molar-refractivity contribution in [2.24, 2.45) is 0 Å². The number of aromatic nitrogens is 1. The highest BCUT2D eigenvalue weighted by Gasteiger charge is 2.25. The number of carboxylic acid groups (broad SMARTS) is 1. The maximum absolute atomic E-state index is 12.1. The summed E-state index contributed by atoms with van der Waals surface area (Å²) in [5.74, 6) is -1.12. The second-order valence-corrected chi connectivity index (χ2v) is 7.38. The van der Waals surface area contributed by atoms with E-state index in [-0.39, 0.29) is 17.7 Å². The van der Waals surface area contributed by atoms with Crippen LogP contribution in [0.4, 0.5) is 0 Å². The fourth-order valence-corrected chi connectivity index (χ4v) is 2.46. The lowest BCUT2D eigenvalue weighted by Gasteiger charge is -2.25. The van der Waals surface area contributed by atoms with Crippen LogP contribution in [0.1, 0.15) is 63.0 Å². The van der Waals surface area contributed by atoms with Gasteiger partial charge in [0.1, 0.15) is 5.69 Å². The van der Waals surface area contributed by atoms with Gasteiger partial charge in [-0.2, -0.15) is 0 Å². The van der Waals surface area contributed by atoms with E-state index in [1.54, 1.807) is 5.38 Å². The van der Waals surface area contributed by atoms with E-state index in [9.17, 15) is 9.59 Å². The number of thiazole rings is 1. The van der Waals surface area contributed by atoms with Crippen LogP contribution in [0, 0.1) is 0 Å². The minimum atomic E-state index is -0.865. The molecule has 0 aromatic carbocycles. The molecule has 1 aromatic rings. The van der Waals surface area contributed by atoms with Gasteiger partial charge in [-0.1, -0.05) is 20.8 Å². The summed E-state index contributed by atoms with van der Waals surface area (Å²) in [5, 5.41) is 14.2. The zero-order valence-electron chi connectivity index (χ0n) is 12.6. The molecule has 1 rings (SSSR count). The topological polar surface area (TPSA) is 79.3 Å². The molecule has 0 saturated heterocycles. The Labute approximate surface area is 123 Å². The van der Waals surface area contributed by atoms with Gasteiger partial charge in [-0.25, -0.2) is 4.98 Å². The Morgan fingerprint density at radius 2 is 1.90 bits per heavy atom. The summed E-state index contributed by atoms with van der Waals surface area (Å²) in [5.41, 5.74) is -0.258. The molecule has 1 heterocycles. The van der Waals surface area contributed by atoms with Crippen molar-refractivity contribution < 1.29 is 14.7 Å². The second-order valence-electron chi connectivity index (χ2n) is 6.52. The molecule has 112 valence electrons. The Morgan fingerprint density at radius 3 is 2.35 bits per heavy atom. The van der Waals surface area contributed by atoms with Gasteiger partial charge in [0, 0.05) is 22.8 Å². The highest BCUT2D eigenvalue weighted by atomic mass is 32.1. The first-order valence-electron chi connectivity index (χ1n) is 6.51. The van der Waals surface area contributed by atoms with Crippen LogP contribution in [0.15, 0.2) is 5.38 Å². The normalized spacial score (nSPS) is 12.2. The predicted molar refractivity (Wildman–Crippen MR) is 79.2 cm³/mol. The molecule has 0 unspecified atom stereocenters. The van der Waals surface area contributed by atoms with Gasteiger partial charge in [-0.3, -0.25) is 9.59 Å². The molecule has 0 bridgehead atoms. The van der Waals surface area contributed by atoms with Crippen LogP contribution in [0.3, 0.4) is 0 Å². The van der Waals surface area contributed by atoms with Crippen LogP contribution in [0.2, 0.25) is 0 Å². The Morgan fingerprint density at radius 1 is 1.30 bits per heavy atom. The summed E-state index contributed by atoms with van der Waals surface area (Å²) in [6.45, 7) is 9.76. The van der Waals surface area contributed by atoms with Crippen LogP contribution in [-0.4, -0.2) is 27.5 Å². The lowest BCUT2D eigenvalue weighted by atomic mass is 9.98. The molecule has 20 heavy (non-hydrogen) atoms. The first-order valence-corrected chi connectivity index (χ1v) is 7.39. The van der Waals surface area contributed by atoms with Gasteiger partial charge in [0.25, 0.3) is 5.91 Å². The highest BCUT2D eigenvalue weighted by Crippen LogP contribution is 2.25. The van der Waals surface area contributed by atoms with Gasteiger partial charge in [-0.15, -0.1) is 11.3 Å². The van der Waals surface area contributed by atoms with Crippen molar-refractivity contribution in [3.63, 3.8) is 0 Å². The third-order valence-electron chi connectivity index (χ3n) is 2.79. The van der Waals surface area contributed by atoms with E-state index in [0.717, 1.165) is 5.01 Å². The van der Waals surface area contributed by atoms with Crippen LogP contribution in [0.25, 0.3) is 0 Å². The Bertz CT molecular complexity index is 501. The SMILES string of the molecule is CC(C)(CCC(=O)O)NC(=O)c1csc(C(C)(C)C)n1. The second kappa shape index (κ2) is 5.91. The molecule has 5 nitrogen and oxygen atoms in total. The van der Waals surface area contributed by atoms with Gasteiger partial charge in [-0.05, 0) is 20.3 Å². The average molecular weight is 298 g/mol. The number of hydrogen-bond acceptors (Lipinski definition) is 4. The molecule has 0 saturated carbocycles. The van der Waals surface area contributed by atoms with Crippen molar-refractivity contribution >= 4 is 23.2 Å². The van der Waals surface area contributed by atoms with E-state index in [1.165, 1.54) is 11.3 Å². The maximum atomic E-state index is 12.1. The van der Waals surface area contributed by atoms with E-state index in [4.69, 9.17) is 5.11 Å². The summed E-state index contributed by atoms with van der Waals surface area (Å²) in [7, 11) is 0. The quantitative estimate of drug-likeness (QED) is 0.876. The van der Waals surface area contributed by atoms with Crippen molar-refractivity contribution in [3.8, 4) is 0 Å². The van der Waals surface area contributed by atoms with Crippen molar-refractivity contribution in [1.29, 1.82) is 0 Å². The molecule has 0 aliphatic rings. The number of amides is 1. The van der Waals surface area contributed by atoms with Crippen LogP contribution in [-0.2, 0) is 10.2 Å². The van der Waals surface area contributed by atoms with Crippen LogP contribution in [0.5, 0.6) is 0 Å². The van der Waals surface area contributed by atoms with E-state index in [0.29, 0.717) is 12.1 Å². The molecule has 1 aromatic heterocycles. The first kappa shape index (κ1) is 16.6. The van der Waals surface area contributed by atoms with Gasteiger partial charge in [0.05, 0.1) is 5.01 Å². The summed E-state index contributed by atoms with van der Waals surface area (Å²) in [6.07, 6.45) is 0.405. The Balaban J connectivity index is 2.71. The van der Waals surface area contributed by atoms with Crippen molar-refractivity contribution in [3.05, 3.63) is 16.1 Å². The zero-order chi connectivity index (χ0) is 15.6. The molecule has 0 aliphatic heterocycles. The number of nitrogens with one attached hydrogen (secondary N) is 1. The number of rotatable bonds is 5. The minimum absolute atomic E-state index is 0.0254. The van der Waals surface area contributed by atoms with E-state index < -0.39 is 11.5 Å². The van der Waals surface area contributed by atoms with Gasteiger partial charge in [0.15, 0.2) is 0 Å². The van der Waals surface area contributed by atoms with E-state index in [2.05, 4.69) is 10.3 Å². The predicted octanol–water partition coefficient (Wildman–Crippen LogP) is 2.81. The lowest BCUT2D eigenvalue weighted by molar-refractivity contribution is -0.137. The summed E-state index contributed by atoms with van der Waals surface area (Å²) in [6, 6.07) is 0. The molecule has 6 heteroatoms. The standard InChI is InChI=1S/C14H22N2O3S/c1-13(2,3)12-15-9(8-20-12)11(19)16-14(4,5)7-6-10(17)18/h8H,6-7H2,1-5H3,(H,16,19)(H,17,18). The van der Waals surface area contributed by atoms with Gasteiger partial charge >= 0.3 is 5.97 Å². The average Bonchev–Trinajstić information content (AvgIpc) is 2.74. The lowest BCUT2D eigenvalue weighted by Crippen LogP contribution is -2.43. The molecule has 0 spiro atoms. The third-order valence-corrected chi connectivity index (χ3v) is 4.06. The number of hydrogen-bond donors (Lipinski definition) is 2. The Kier molecular flexibility index (Phi) is 4.91. The maximum Gasteiger partial charge on any atom is 0.303 e. The molecule has 0 fully saturated rings. The molecular weight excluding hydrogens is 276 g/mol. The van der Waals surface area contributed by atoms with Gasteiger partial charge in [0.2, 0.25) is 0 Å². The third kappa shape index (κ3) is 4.92. The van der Waals surface area contributed by atoms with Crippen molar-refractivity contribution in [2.45, 2.75) is 58.4 Å². The molecular formula is C14H22N2O3S. The van der Waals surface area contributed by atoms with Crippen molar-refractivity contribution in [1.82, 2.24) is 10.3 Å². The number of carboxylic acids is 1. The van der Waals surface area contributed by atoms with Crippen LogP contribution >= 0.6 is 11.3 Å². The molecule has 0 radical (unpaired) electrons. The molecule has 2 N–H and O–H groups in total. The fraction of sp³-hybridized carbons (Fsp3) is 0.643. The smallest absolute Gasteiger partial charge is 0.303 e. The summed E-state index contributed by atoms with van der Waals surface area (Å²) >= 11 is 1.46. The van der Waals surface area contributed by atoms with Crippen LogP contribution < -0.4 is 5.32 Å². The summed E-state index contributed by atoms with van der Waals surface area (Å²) < 4.78 is 0. The largest absolute Gasteiger partial charge is 0.481 e.